The lowest BCUT2D eigenvalue weighted by atomic mass is 9.93. The van der Waals surface area contributed by atoms with E-state index in [-0.39, 0.29) is 30.0 Å². The van der Waals surface area contributed by atoms with E-state index in [1.54, 1.807) is 29.2 Å². The summed E-state index contributed by atoms with van der Waals surface area (Å²) in [7, 11) is 0. The molecule has 1 aliphatic carbocycles. The van der Waals surface area contributed by atoms with Crippen LogP contribution in [-0.2, 0) is 4.79 Å². The Labute approximate surface area is 319 Å². The van der Waals surface area contributed by atoms with Gasteiger partial charge in [-0.2, -0.15) is 5.26 Å². The summed E-state index contributed by atoms with van der Waals surface area (Å²) in [5, 5.41) is 24.8. The maximum absolute atomic E-state index is 13.0. The van der Waals surface area contributed by atoms with Crippen LogP contribution in [0.25, 0.3) is 10.9 Å². The molecule has 4 aliphatic rings. The van der Waals surface area contributed by atoms with Gasteiger partial charge >= 0.3 is 6.03 Å². The highest BCUT2D eigenvalue weighted by Gasteiger charge is 2.31. The number of nitrogens with one attached hydrogen (secondary N) is 2. The van der Waals surface area contributed by atoms with Crippen molar-refractivity contribution < 1.29 is 19.1 Å². The van der Waals surface area contributed by atoms with Gasteiger partial charge in [0, 0.05) is 75.4 Å². The topological polar surface area (TPSA) is 149 Å². The minimum Gasteiger partial charge on any atom is -0.490 e. The van der Waals surface area contributed by atoms with Crippen LogP contribution in [-0.4, -0.2) is 88.9 Å². The van der Waals surface area contributed by atoms with E-state index in [9.17, 15) is 14.4 Å². The van der Waals surface area contributed by atoms with Gasteiger partial charge in [0.2, 0.25) is 5.91 Å². The smallest absolute Gasteiger partial charge is 0.328 e. The number of urea groups is 1. The fourth-order valence-corrected chi connectivity index (χ4v) is 8.70. The number of hydrogen-bond acceptors (Lipinski definition) is 9. The molecule has 4 fully saturated rings. The molecule has 54 heavy (non-hydrogen) atoms. The number of likely N-dealkylation sites (tertiary alicyclic amines) is 1. The maximum Gasteiger partial charge on any atom is 0.328 e. The second-order valence-electron chi connectivity index (χ2n) is 14.9. The summed E-state index contributed by atoms with van der Waals surface area (Å²) in [6, 6.07) is 19.1. The number of amides is 4. The normalized spacial score (nSPS) is 22.6. The molecular formula is C40H44ClN9O4. The van der Waals surface area contributed by atoms with Crippen molar-refractivity contribution in [3.05, 3.63) is 77.1 Å². The number of fused-ring (bicyclic) bond motifs is 1. The molecule has 14 heteroatoms. The molecule has 4 aromatic rings. The van der Waals surface area contributed by atoms with E-state index >= 15 is 0 Å². The molecule has 280 valence electrons. The minimum atomic E-state index is -0.359. The van der Waals surface area contributed by atoms with Crippen molar-refractivity contribution in [1.82, 2.24) is 30.3 Å². The fourth-order valence-electron chi connectivity index (χ4n) is 8.49. The molecule has 13 nitrogen and oxygen atoms in total. The zero-order valence-electron chi connectivity index (χ0n) is 30.1. The van der Waals surface area contributed by atoms with Crippen molar-refractivity contribution in [2.75, 3.05) is 49.1 Å². The first-order chi connectivity index (χ1) is 26.3. The third-order valence-corrected chi connectivity index (χ3v) is 11.7. The first-order valence-corrected chi connectivity index (χ1v) is 19.4. The number of benzene rings is 2. The average molecular weight is 750 g/mol. The fraction of sp³-hybridized carbons (Fsp3) is 0.450. The molecule has 2 aromatic carbocycles. The Bertz CT molecular complexity index is 2070. The maximum atomic E-state index is 13.0. The Morgan fingerprint density at radius 2 is 1.80 bits per heavy atom. The molecule has 0 bridgehead atoms. The lowest BCUT2D eigenvalue weighted by molar-refractivity contribution is -0.120. The Morgan fingerprint density at radius 3 is 2.54 bits per heavy atom. The quantitative estimate of drug-likeness (QED) is 0.220. The molecule has 3 aliphatic heterocycles. The van der Waals surface area contributed by atoms with Gasteiger partial charge in [-0.15, -0.1) is 10.2 Å². The summed E-state index contributed by atoms with van der Waals surface area (Å²) < 4.78 is 8.44. The zero-order chi connectivity index (χ0) is 37.2. The van der Waals surface area contributed by atoms with Crippen LogP contribution in [0.2, 0.25) is 5.02 Å². The van der Waals surface area contributed by atoms with Gasteiger partial charge in [-0.1, -0.05) is 17.7 Å². The second kappa shape index (κ2) is 15.7. The summed E-state index contributed by atoms with van der Waals surface area (Å²) in [5.41, 5.74) is 2.70. The standard InChI is InChI=1S/C40H44ClN9O4/c41-33-22-31(7-4-27(33)23-42)54-30-8-5-28(6-9-30)43-39(52)34-10-11-37(46-45-34)48-18-12-26(13-19-48)24-47-17-14-29(25-47)49-20-15-32-35(49)2-1-3-36(32)50-21-16-38(51)44-40(50)53/h1-4,7,10-11,15,20,22,26,28-30H,5-6,8-9,12-14,16-19,21,24-25H2,(H,43,52)(H,44,51,53)/t28-,29-,30-/m0/s1. The van der Waals surface area contributed by atoms with Crippen LogP contribution in [0.5, 0.6) is 5.75 Å². The van der Waals surface area contributed by atoms with Crippen LogP contribution >= 0.6 is 11.6 Å². The summed E-state index contributed by atoms with van der Waals surface area (Å²) in [6.07, 6.45) is 8.91. The first-order valence-electron chi connectivity index (χ1n) is 19.0. The molecule has 3 saturated heterocycles. The Morgan fingerprint density at radius 1 is 0.963 bits per heavy atom. The number of piperidine rings is 1. The molecule has 4 amide bonds. The lowest BCUT2D eigenvalue weighted by Crippen LogP contribution is -2.49. The van der Waals surface area contributed by atoms with Crippen LogP contribution < -0.4 is 25.2 Å². The van der Waals surface area contributed by atoms with Crippen molar-refractivity contribution in [2.45, 2.75) is 69.6 Å². The largest absolute Gasteiger partial charge is 0.490 e. The van der Waals surface area contributed by atoms with Gasteiger partial charge in [-0.05, 0) is 93.3 Å². The molecule has 2 aromatic heterocycles. The van der Waals surface area contributed by atoms with Gasteiger partial charge in [-0.25, -0.2) is 4.79 Å². The molecule has 8 rings (SSSR count). The molecule has 0 unspecified atom stereocenters. The van der Waals surface area contributed by atoms with E-state index in [0.29, 0.717) is 47.0 Å². The van der Waals surface area contributed by atoms with Crippen LogP contribution in [0.3, 0.4) is 0 Å². The van der Waals surface area contributed by atoms with E-state index in [4.69, 9.17) is 21.6 Å². The Hall–Kier alpha value is -5.19. The minimum absolute atomic E-state index is 0.0330. The number of imide groups is 1. The number of carbonyl (C=O) groups is 3. The SMILES string of the molecule is N#Cc1ccc(O[C@H]2CC[C@H](NC(=O)c3ccc(N4CCC(CN5CC[C@H](n6ccc7c(N8CCC(=O)NC8=O)cccc76)C5)CC4)nn3)CC2)cc1Cl. The van der Waals surface area contributed by atoms with Crippen molar-refractivity contribution in [3.63, 3.8) is 0 Å². The van der Waals surface area contributed by atoms with Crippen LogP contribution in [0.15, 0.2) is 60.8 Å². The Balaban J connectivity index is 0.777. The second-order valence-corrected chi connectivity index (χ2v) is 15.3. The number of nitrogens with zero attached hydrogens (tertiary/aromatic N) is 7. The number of carbonyl (C=O) groups excluding carboxylic acids is 3. The molecule has 1 saturated carbocycles. The van der Waals surface area contributed by atoms with Gasteiger partial charge < -0.3 is 24.4 Å². The Kier molecular flexibility index (Phi) is 10.4. The average Bonchev–Trinajstić information content (AvgIpc) is 3.83. The van der Waals surface area contributed by atoms with Crippen molar-refractivity contribution in [2.24, 2.45) is 5.92 Å². The molecular weight excluding hydrogens is 706 g/mol. The van der Waals surface area contributed by atoms with Crippen molar-refractivity contribution in [1.29, 1.82) is 5.26 Å². The highest BCUT2D eigenvalue weighted by atomic mass is 35.5. The van der Waals surface area contributed by atoms with E-state index in [1.165, 1.54) is 0 Å². The molecule has 0 spiro atoms. The summed E-state index contributed by atoms with van der Waals surface area (Å²) >= 11 is 6.15. The number of aromatic nitrogens is 3. The van der Waals surface area contributed by atoms with E-state index in [2.05, 4.69) is 59.6 Å². The van der Waals surface area contributed by atoms with Gasteiger partial charge in [0.25, 0.3) is 5.91 Å². The molecule has 5 heterocycles. The summed E-state index contributed by atoms with van der Waals surface area (Å²) in [5.74, 6) is 1.63. The number of ether oxygens (including phenoxy) is 1. The molecule has 2 N–H and O–H groups in total. The van der Waals surface area contributed by atoms with Gasteiger partial charge in [0.05, 0.1) is 27.9 Å². The number of nitriles is 1. The van der Waals surface area contributed by atoms with Gasteiger partial charge in [0.15, 0.2) is 11.5 Å². The zero-order valence-corrected chi connectivity index (χ0v) is 30.9. The lowest BCUT2D eigenvalue weighted by Gasteiger charge is -2.34. The third kappa shape index (κ3) is 7.72. The highest BCUT2D eigenvalue weighted by molar-refractivity contribution is 6.31. The number of halogens is 1. The van der Waals surface area contributed by atoms with Crippen LogP contribution in [0.4, 0.5) is 16.3 Å². The molecule has 1 atom stereocenters. The van der Waals surface area contributed by atoms with Crippen LogP contribution in [0, 0.1) is 17.2 Å². The number of anilines is 2. The van der Waals surface area contributed by atoms with E-state index in [0.717, 1.165) is 100 Å². The third-order valence-electron chi connectivity index (χ3n) is 11.4. The summed E-state index contributed by atoms with van der Waals surface area (Å²) in [4.78, 5) is 43.8. The van der Waals surface area contributed by atoms with E-state index in [1.807, 2.05) is 18.2 Å². The summed E-state index contributed by atoms with van der Waals surface area (Å²) in [6.45, 7) is 5.31. The first kappa shape index (κ1) is 35.8. The highest BCUT2D eigenvalue weighted by Crippen LogP contribution is 2.34. The van der Waals surface area contributed by atoms with Crippen LogP contribution in [0.1, 0.15) is 73.5 Å². The predicted octanol–water partition coefficient (Wildman–Crippen LogP) is 5.69. The molecule has 0 radical (unpaired) electrons. The van der Waals surface area contributed by atoms with Crippen molar-refractivity contribution >= 4 is 51.9 Å². The number of rotatable bonds is 9. The predicted molar refractivity (Wildman–Crippen MR) is 205 cm³/mol. The van der Waals surface area contributed by atoms with Gasteiger partial charge in [0.1, 0.15) is 11.8 Å². The van der Waals surface area contributed by atoms with Gasteiger partial charge in [-0.3, -0.25) is 19.8 Å². The monoisotopic (exact) mass is 749 g/mol. The van der Waals surface area contributed by atoms with Crippen molar-refractivity contribution in [3.8, 4) is 11.8 Å². The van der Waals surface area contributed by atoms with E-state index < -0.39 is 0 Å². The number of hydrogen-bond donors (Lipinski definition) is 2.